The van der Waals surface area contributed by atoms with Gasteiger partial charge in [-0.1, -0.05) is 17.8 Å². The molecule has 8 nitrogen and oxygen atoms in total. The summed E-state index contributed by atoms with van der Waals surface area (Å²) in [6, 6.07) is 5.78. The Morgan fingerprint density at radius 2 is 1.97 bits per heavy atom. The van der Waals surface area contributed by atoms with Crippen molar-refractivity contribution in [1.29, 1.82) is 0 Å². The highest BCUT2D eigenvalue weighted by Crippen LogP contribution is 2.31. The molecular formula is C20H23N5O3S. The molecule has 2 aromatic heterocycles. The van der Waals surface area contributed by atoms with E-state index in [1.54, 1.807) is 16.5 Å². The van der Waals surface area contributed by atoms with Gasteiger partial charge in [0, 0.05) is 30.5 Å². The molecule has 3 aromatic rings. The molecule has 1 amide bonds. The van der Waals surface area contributed by atoms with Crippen LogP contribution in [0.1, 0.15) is 22.5 Å². The molecule has 1 aliphatic heterocycles. The highest BCUT2D eigenvalue weighted by Gasteiger charge is 2.19. The molecule has 1 aromatic carbocycles. The van der Waals surface area contributed by atoms with E-state index < -0.39 is 0 Å². The molecule has 9 heteroatoms. The van der Waals surface area contributed by atoms with Gasteiger partial charge in [-0.2, -0.15) is 4.98 Å². The Morgan fingerprint density at radius 3 is 2.72 bits per heavy atom. The van der Waals surface area contributed by atoms with Gasteiger partial charge in [0.1, 0.15) is 13.2 Å². The maximum atomic E-state index is 12.9. The first-order chi connectivity index (χ1) is 14.0. The number of hydrogen-bond donors (Lipinski definition) is 0. The number of benzene rings is 1. The monoisotopic (exact) mass is 413 g/mol. The summed E-state index contributed by atoms with van der Waals surface area (Å²) in [7, 11) is 1.80. The van der Waals surface area contributed by atoms with Crippen molar-refractivity contribution < 1.29 is 14.3 Å². The molecule has 0 spiro atoms. The molecular weight excluding hydrogens is 390 g/mol. The van der Waals surface area contributed by atoms with E-state index in [1.807, 2.05) is 38.3 Å². The highest BCUT2D eigenvalue weighted by atomic mass is 32.2. The Bertz CT molecular complexity index is 1080. The van der Waals surface area contributed by atoms with Gasteiger partial charge in [0.15, 0.2) is 11.5 Å². The molecule has 29 heavy (non-hydrogen) atoms. The number of hydrogen-bond acceptors (Lipinski definition) is 7. The number of aryl methyl sites for hydroxylation is 2. The Morgan fingerprint density at radius 1 is 1.21 bits per heavy atom. The zero-order valence-electron chi connectivity index (χ0n) is 16.9. The van der Waals surface area contributed by atoms with Gasteiger partial charge in [0.2, 0.25) is 11.1 Å². The average molecular weight is 414 g/mol. The van der Waals surface area contributed by atoms with Gasteiger partial charge >= 0.3 is 0 Å². The van der Waals surface area contributed by atoms with Crippen molar-refractivity contribution in [1.82, 2.24) is 24.5 Å². The molecule has 4 rings (SSSR count). The Kier molecular flexibility index (Phi) is 5.31. The normalized spacial score (nSPS) is 13.0. The lowest BCUT2D eigenvalue weighted by Gasteiger charge is -2.21. The number of aromatic nitrogens is 4. The van der Waals surface area contributed by atoms with Crippen LogP contribution in [0.25, 0.3) is 5.78 Å². The van der Waals surface area contributed by atoms with Crippen molar-refractivity contribution in [2.75, 3.05) is 26.5 Å². The minimum Gasteiger partial charge on any atom is -0.486 e. The fraction of sp³-hybridized carbons (Fsp3) is 0.400. The molecule has 0 saturated carbocycles. The highest BCUT2D eigenvalue weighted by molar-refractivity contribution is 7.98. The summed E-state index contributed by atoms with van der Waals surface area (Å²) in [6.07, 6.45) is 2.18. The summed E-state index contributed by atoms with van der Waals surface area (Å²) in [5.41, 5.74) is 3.57. The van der Waals surface area contributed by atoms with Crippen LogP contribution in [-0.2, 0) is 17.8 Å². The fourth-order valence-corrected chi connectivity index (χ4v) is 3.70. The zero-order chi connectivity index (χ0) is 20.5. The van der Waals surface area contributed by atoms with Crippen LogP contribution in [-0.4, -0.2) is 56.9 Å². The molecule has 3 heterocycles. The Balaban J connectivity index is 1.51. The summed E-state index contributed by atoms with van der Waals surface area (Å²) < 4.78 is 12.9. The summed E-state index contributed by atoms with van der Waals surface area (Å²) in [4.78, 5) is 23.5. The van der Waals surface area contributed by atoms with Crippen LogP contribution >= 0.6 is 11.8 Å². The van der Waals surface area contributed by atoms with Crippen LogP contribution in [0.2, 0.25) is 0 Å². The van der Waals surface area contributed by atoms with E-state index in [1.165, 1.54) is 11.8 Å². The van der Waals surface area contributed by atoms with Crippen molar-refractivity contribution in [2.24, 2.45) is 0 Å². The Labute approximate surface area is 173 Å². The molecule has 0 N–H and O–H groups in total. The predicted molar refractivity (Wildman–Crippen MR) is 110 cm³/mol. The zero-order valence-corrected chi connectivity index (χ0v) is 17.7. The lowest BCUT2D eigenvalue weighted by atomic mass is 10.1. The number of likely N-dealkylation sites (N-methyl/N-ethyl adjacent to an activating group) is 1. The van der Waals surface area contributed by atoms with Gasteiger partial charge in [0.25, 0.3) is 5.78 Å². The third-order valence-corrected chi connectivity index (χ3v) is 5.53. The van der Waals surface area contributed by atoms with E-state index in [0.29, 0.717) is 30.7 Å². The first kappa shape index (κ1) is 19.5. The average Bonchev–Trinajstić information content (AvgIpc) is 3.14. The molecule has 1 aliphatic rings. The van der Waals surface area contributed by atoms with Crippen LogP contribution < -0.4 is 9.47 Å². The molecule has 152 valence electrons. The van der Waals surface area contributed by atoms with E-state index in [2.05, 4.69) is 15.1 Å². The predicted octanol–water partition coefficient (Wildman–Crippen LogP) is 2.44. The van der Waals surface area contributed by atoms with Gasteiger partial charge in [-0.15, -0.1) is 5.10 Å². The third kappa shape index (κ3) is 3.87. The van der Waals surface area contributed by atoms with Crippen LogP contribution in [0.5, 0.6) is 11.5 Å². The van der Waals surface area contributed by atoms with Crippen molar-refractivity contribution in [3.63, 3.8) is 0 Å². The third-order valence-electron chi connectivity index (χ3n) is 4.99. The maximum Gasteiger partial charge on any atom is 0.253 e. The van der Waals surface area contributed by atoms with E-state index in [-0.39, 0.29) is 12.3 Å². The van der Waals surface area contributed by atoms with E-state index in [9.17, 15) is 4.79 Å². The van der Waals surface area contributed by atoms with E-state index in [4.69, 9.17) is 9.47 Å². The minimum absolute atomic E-state index is 0.0115. The van der Waals surface area contributed by atoms with Crippen LogP contribution in [0.4, 0.5) is 0 Å². The van der Waals surface area contributed by atoms with Crippen molar-refractivity contribution in [3.8, 4) is 11.5 Å². The second-order valence-corrected chi connectivity index (χ2v) is 7.75. The summed E-state index contributed by atoms with van der Waals surface area (Å²) in [5.74, 6) is 2.05. The van der Waals surface area contributed by atoms with Crippen molar-refractivity contribution in [2.45, 2.75) is 32.0 Å². The smallest absolute Gasteiger partial charge is 0.253 e. The van der Waals surface area contributed by atoms with Gasteiger partial charge < -0.3 is 14.4 Å². The number of ether oxygens (including phenoxy) is 2. The molecule has 0 unspecified atom stereocenters. The van der Waals surface area contributed by atoms with Gasteiger partial charge in [-0.3, -0.25) is 4.79 Å². The Hall–Kier alpha value is -2.81. The maximum absolute atomic E-state index is 12.9. The molecule has 0 aliphatic carbocycles. The van der Waals surface area contributed by atoms with E-state index in [0.717, 1.165) is 34.0 Å². The standard InChI is InChI=1S/C20H23N5O3S/c1-12-15(13(2)25-19(21-12)22-20(23-25)29-4)10-18(26)24(3)11-14-5-6-16-17(9-14)28-8-7-27-16/h5-6,9H,7-8,10-11H2,1-4H3. The minimum atomic E-state index is 0.0115. The number of carbonyl (C=O) groups is 1. The number of fused-ring (bicyclic) bond motifs is 2. The summed E-state index contributed by atoms with van der Waals surface area (Å²) in [6.45, 7) is 5.45. The second kappa shape index (κ2) is 7.90. The number of nitrogens with zero attached hydrogens (tertiary/aromatic N) is 5. The van der Waals surface area contributed by atoms with Gasteiger partial charge in [0.05, 0.1) is 6.42 Å². The van der Waals surface area contributed by atoms with E-state index >= 15 is 0 Å². The molecule has 0 saturated heterocycles. The second-order valence-electron chi connectivity index (χ2n) is 6.98. The van der Waals surface area contributed by atoms with Gasteiger partial charge in [-0.25, -0.2) is 9.50 Å². The van der Waals surface area contributed by atoms with Crippen molar-refractivity contribution >= 4 is 23.4 Å². The molecule has 0 radical (unpaired) electrons. The first-order valence-corrected chi connectivity index (χ1v) is 10.6. The molecule has 0 atom stereocenters. The van der Waals surface area contributed by atoms with Gasteiger partial charge in [-0.05, 0) is 37.8 Å². The molecule has 0 fully saturated rings. The molecule has 0 bridgehead atoms. The topological polar surface area (TPSA) is 81.9 Å². The van der Waals surface area contributed by atoms with Crippen molar-refractivity contribution in [3.05, 3.63) is 40.7 Å². The largest absolute Gasteiger partial charge is 0.486 e. The quantitative estimate of drug-likeness (QED) is 0.594. The SMILES string of the molecule is CSc1nc2nc(C)c(CC(=O)N(C)Cc3ccc4c(c3)OCCO4)c(C)n2n1. The lowest BCUT2D eigenvalue weighted by Crippen LogP contribution is -2.28. The van der Waals surface area contributed by atoms with Crippen LogP contribution in [0, 0.1) is 13.8 Å². The number of rotatable bonds is 5. The fourth-order valence-electron chi connectivity index (χ4n) is 3.37. The van der Waals surface area contributed by atoms with Crippen LogP contribution in [0.15, 0.2) is 23.4 Å². The summed E-state index contributed by atoms with van der Waals surface area (Å²) in [5, 5.41) is 5.11. The number of carbonyl (C=O) groups excluding carboxylic acids is 1. The first-order valence-electron chi connectivity index (χ1n) is 9.35. The van der Waals surface area contributed by atoms with Crippen LogP contribution in [0.3, 0.4) is 0 Å². The number of amides is 1. The lowest BCUT2D eigenvalue weighted by molar-refractivity contribution is -0.129. The number of thioether (sulfide) groups is 1. The summed E-state index contributed by atoms with van der Waals surface area (Å²) >= 11 is 1.47.